The Balaban J connectivity index is 1.96. The van der Waals surface area contributed by atoms with Crippen molar-refractivity contribution in [2.45, 2.75) is 32.1 Å². The Morgan fingerprint density at radius 2 is 2.15 bits per heavy atom. The molecule has 0 radical (unpaired) electrons. The molecule has 1 unspecified atom stereocenters. The molecule has 20 heavy (non-hydrogen) atoms. The predicted octanol–water partition coefficient (Wildman–Crippen LogP) is 1.76. The maximum absolute atomic E-state index is 11.0. The number of carbonyl (C=O) groups excluding carboxylic acids is 1. The van der Waals surface area contributed by atoms with Crippen molar-refractivity contribution in [3.05, 3.63) is 35.9 Å². The van der Waals surface area contributed by atoms with Crippen LogP contribution in [0, 0.1) is 0 Å². The van der Waals surface area contributed by atoms with E-state index in [9.17, 15) is 4.79 Å². The van der Waals surface area contributed by atoms with Gasteiger partial charge in [0.2, 0.25) is 0 Å². The van der Waals surface area contributed by atoms with Crippen LogP contribution >= 0.6 is 0 Å². The lowest BCUT2D eigenvalue weighted by molar-refractivity contribution is -0.129. The minimum Gasteiger partial charge on any atom is -0.441 e. The smallest absolute Gasteiger partial charge is 0.405 e. The van der Waals surface area contributed by atoms with Crippen LogP contribution < -0.4 is 5.73 Å². The first-order valence-electron chi connectivity index (χ1n) is 6.84. The summed E-state index contributed by atoms with van der Waals surface area (Å²) in [4.78, 5) is 13.3. The van der Waals surface area contributed by atoms with Crippen molar-refractivity contribution in [2.75, 3.05) is 19.7 Å². The number of hydrogen-bond acceptors (Lipinski definition) is 4. The van der Waals surface area contributed by atoms with Crippen molar-refractivity contribution in [3.8, 4) is 0 Å². The second-order valence-electron chi connectivity index (χ2n) is 5.60. The molecule has 1 aliphatic heterocycles. The molecule has 2 N–H and O–H groups in total. The van der Waals surface area contributed by atoms with Gasteiger partial charge in [0.05, 0.1) is 6.61 Å². The number of benzene rings is 1. The minimum absolute atomic E-state index is 0.174. The fourth-order valence-electron chi connectivity index (χ4n) is 2.43. The number of ether oxygens (including phenoxy) is 2. The Hall–Kier alpha value is -1.59. The van der Waals surface area contributed by atoms with E-state index in [0.29, 0.717) is 6.61 Å². The summed E-state index contributed by atoms with van der Waals surface area (Å²) in [6.07, 6.45) is -0.939. The van der Waals surface area contributed by atoms with Crippen LogP contribution in [0.2, 0.25) is 0 Å². The number of morpholine rings is 1. The molecule has 110 valence electrons. The molecule has 1 fully saturated rings. The molecular weight excluding hydrogens is 256 g/mol. The van der Waals surface area contributed by atoms with Gasteiger partial charge >= 0.3 is 6.09 Å². The average Bonchev–Trinajstić information content (AvgIpc) is 2.39. The summed E-state index contributed by atoms with van der Waals surface area (Å²) in [6.45, 7) is 6.74. The molecule has 1 atom stereocenters. The normalized spacial score (nSPS) is 20.6. The van der Waals surface area contributed by atoms with Gasteiger partial charge in [0, 0.05) is 19.6 Å². The number of rotatable bonds is 4. The van der Waals surface area contributed by atoms with Gasteiger partial charge in [0.25, 0.3) is 0 Å². The lowest BCUT2D eigenvalue weighted by Gasteiger charge is -2.40. The predicted molar refractivity (Wildman–Crippen MR) is 76.2 cm³/mol. The number of amides is 1. The van der Waals surface area contributed by atoms with Crippen molar-refractivity contribution in [3.63, 3.8) is 0 Å². The zero-order chi connectivity index (χ0) is 14.6. The summed E-state index contributed by atoms with van der Waals surface area (Å²) >= 11 is 0. The zero-order valence-electron chi connectivity index (χ0n) is 12.0. The molecular formula is C15H22N2O3. The van der Waals surface area contributed by atoms with Crippen molar-refractivity contribution >= 4 is 6.09 Å². The molecule has 5 heteroatoms. The molecule has 1 heterocycles. The maximum atomic E-state index is 11.0. The highest BCUT2D eigenvalue weighted by Crippen LogP contribution is 2.22. The third kappa shape index (κ3) is 3.95. The highest BCUT2D eigenvalue weighted by molar-refractivity contribution is 5.65. The topological polar surface area (TPSA) is 64.8 Å². The summed E-state index contributed by atoms with van der Waals surface area (Å²) in [5, 5.41) is 0. The molecule has 0 saturated carbocycles. The SMILES string of the molecule is CC(C)(OC(N)=O)C1CN(Cc2ccccc2)CCO1. The largest absolute Gasteiger partial charge is 0.441 e. The van der Waals surface area contributed by atoms with E-state index in [1.165, 1.54) is 5.56 Å². The fraction of sp³-hybridized carbons (Fsp3) is 0.533. The molecule has 0 bridgehead atoms. The highest BCUT2D eigenvalue weighted by atomic mass is 16.6. The molecule has 1 aromatic rings. The molecule has 5 nitrogen and oxygen atoms in total. The van der Waals surface area contributed by atoms with Crippen LogP contribution in [0.3, 0.4) is 0 Å². The van der Waals surface area contributed by atoms with E-state index in [1.54, 1.807) is 0 Å². The first kappa shape index (κ1) is 14.8. The molecule has 0 aromatic heterocycles. The van der Waals surface area contributed by atoms with Gasteiger partial charge in [-0.25, -0.2) is 4.79 Å². The Labute approximate surface area is 119 Å². The van der Waals surface area contributed by atoms with Gasteiger partial charge in [-0.1, -0.05) is 30.3 Å². The van der Waals surface area contributed by atoms with Gasteiger partial charge in [0.1, 0.15) is 11.7 Å². The third-order valence-corrected chi connectivity index (χ3v) is 3.54. The number of carbonyl (C=O) groups is 1. The molecule has 1 aliphatic rings. The van der Waals surface area contributed by atoms with Gasteiger partial charge in [0.15, 0.2) is 0 Å². The number of primary amides is 1. The molecule has 0 aliphatic carbocycles. The van der Waals surface area contributed by atoms with Crippen LogP contribution in [-0.2, 0) is 16.0 Å². The van der Waals surface area contributed by atoms with Gasteiger partial charge in [-0.3, -0.25) is 4.90 Å². The Morgan fingerprint density at radius 1 is 1.45 bits per heavy atom. The van der Waals surface area contributed by atoms with Gasteiger partial charge in [-0.05, 0) is 19.4 Å². The number of nitrogens with two attached hydrogens (primary N) is 1. The summed E-state index contributed by atoms with van der Waals surface area (Å²) in [5.41, 5.74) is 5.66. The first-order valence-corrected chi connectivity index (χ1v) is 6.84. The van der Waals surface area contributed by atoms with E-state index in [2.05, 4.69) is 17.0 Å². The Kier molecular flexibility index (Phi) is 4.62. The monoisotopic (exact) mass is 278 g/mol. The first-order chi connectivity index (χ1) is 9.47. The summed E-state index contributed by atoms with van der Waals surface area (Å²) in [7, 11) is 0. The van der Waals surface area contributed by atoms with Crippen molar-refractivity contribution in [1.29, 1.82) is 0 Å². The van der Waals surface area contributed by atoms with Gasteiger partial charge in [-0.15, -0.1) is 0 Å². The Bertz CT molecular complexity index is 448. The van der Waals surface area contributed by atoms with Gasteiger partial charge in [-0.2, -0.15) is 0 Å². The number of nitrogens with zero attached hydrogens (tertiary/aromatic N) is 1. The average molecular weight is 278 g/mol. The van der Waals surface area contributed by atoms with Crippen LogP contribution in [-0.4, -0.2) is 42.4 Å². The van der Waals surface area contributed by atoms with E-state index in [-0.39, 0.29) is 6.10 Å². The van der Waals surface area contributed by atoms with E-state index < -0.39 is 11.7 Å². The summed E-state index contributed by atoms with van der Waals surface area (Å²) in [6, 6.07) is 10.3. The molecule has 2 rings (SSSR count). The third-order valence-electron chi connectivity index (χ3n) is 3.54. The van der Waals surface area contributed by atoms with Crippen molar-refractivity contribution < 1.29 is 14.3 Å². The van der Waals surface area contributed by atoms with E-state index >= 15 is 0 Å². The highest BCUT2D eigenvalue weighted by Gasteiger charge is 2.37. The minimum atomic E-state index is -0.765. The summed E-state index contributed by atoms with van der Waals surface area (Å²) < 4.78 is 10.9. The van der Waals surface area contributed by atoms with E-state index in [4.69, 9.17) is 15.2 Å². The standard InChI is InChI=1S/C15H22N2O3/c1-15(2,20-14(16)18)13-11-17(8-9-19-13)10-12-6-4-3-5-7-12/h3-7,13H,8-11H2,1-2H3,(H2,16,18). The zero-order valence-corrected chi connectivity index (χ0v) is 12.0. The maximum Gasteiger partial charge on any atom is 0.405 e. The lowest BCUT2D eigenvalue weighted by atomic mass is 9.99. The van der Waals surface area contributed by atoms with Crippen LogP contribution in [0.5, 0.6) is 0 Å². The quantitative estimate of drug-likeness (QED) is 0.911. The van der Waals surface area contributed by atoms with Gasteiger partial charge < -0.3 is 15.2 Å². The second-order valence-corrected chi connectivity index (χ2v) is 5.60. The molecule has 1 aromatic carbocycles. The lowest BCUT2D eigenvalue weighted by Crippen LogP contribution is -2.53. The van der Waals surface area contributed by atoms with Crippen molar-refractivity contribution in [1.82, 2.24) is 4.90 Å². The molecule has 1 saturated heterocycles. The number of hydrogen-bond donors (Lipinski definition) is 1. The van der Waals surface area contributed by atoms with E-state index in [1.807, 2.05) is 32.0 Å². The fourth-order valence-corrected chi connectivity index (χ4v) is 2.43. The molecule has 0 spiro atoms. The van der Waals surface area contributed by atoms with Crippen LogP contribution in [0.1, 0.15) is 19.4 Å². The van der Waals surface area contributed by atoms with Crippen LogP contribution in [0.25, 0.3) is 0 Å². The van der Waals surface area contributed by atoms with E-state index in [0.717, 1.165) is 19.6 Å². The second kappa shape index (κ2) is 6.24. The Morgan fingerprint density at radius 3 is 2.80 bits per heavy atom. The van der Waals surface area contributed by atoms with Crippen molar-refractivity contribution in [2.24, 2.45) is 5.73 Å². The van der Waals surface area contributed by atoms with Crippen LogP contribution in [0.4, 0.5) is 4.79 Å². The molecule has 1 amide bonds. The summed E-state index contributed by atoms with van der Waals surface area (Å²) in [5.74, 6) is 0. The van der Waals surface area contributed by atoms with Crippen LogP contribution in [0.15, 0.2) is 30.3 Å².